The van der Waals surface area contributed by atoms with Crippen molar-refractivity contribution in [3.63, 3.8) is 0 Å². The minimum atomic E-state index is -0.874. The molecule has 0 N–H and O–H groups in total. The van der Waals surface area contributed by atoms with Crippen LogP contribution in [0.2, 0.25) is 5.02 Å². The first-order valence-corrected chi connectivity index (χ1v) is 5.88. The molecule has 0 amide bonds. The van der Waals surface area contributed by atoms with E-state index in [0.29, 0.717) is 10.6 Å². The van der Waals surface area contributed by atoms with Gasteiger partial charge in [0.2, 0.25) is 0 Å². The van der Waals surface area contributed by atoms with Crippen LogP contribution in [0, 0.1) is 11.6 Å². The number of allylic oxidation sites excluding steroid dienone is 1. The van der Waals surface area contributed by atoms with Gasteiger partial charge in [0.15, 0.2) is 5.78 Å². The second-order valence-corrected chi connectivity index (χ2v) is 4.29. The Morgan fingerprint density at radius 2 is 1.68 bits per heavy atom. The monoisotopic (exact) mass is 278 g/mol. The molecular weight excluding hydrogens is 270 g/mol. The van der Waals surface area contributed by atoms with Crippen molar-refractivity contribution in [2.24, 2.45) is 0 Å². The molecule has 0 aliphatic carbocycles. The molecule has 0 aliphatic rings. The highest BCUT2D eigenvalue weighted by atomic mass is 35.5. The highest BCUT2D eigenvalue weighted by molar-refractivity contribution is 6.30. The summed E-state index contributed by atoms with van der Waals surface area (Å²) in [6, 6.07) is 10.1. The summed E-state index contributed by atoms with van der Waals surface area (Å²) in [5.74, 6) is -2.47. The third-order valence-corrected chi connectivity index (χ3v) is 2.72. The maximum Gasteiger partial charge on any atom is 0.191 e. The summed E-state index contributed by atoms with van der Waals surface area (Å²) in [4.78, 5) is 11.7. The minimum absolute atomic E-state index is 0.520. The van der Waals surface area contributed by atoms with Crippen LogP contribution in [0.5, 0.6) is 0 Å². The van der Waals surface area contributed by atoms with Crippen molar-refractivity contribution in [1.82, 2.24) is 0 Å². The SMILES string of the molecule is O=C(/C=C/c1cccc(Cl)c1)c1c(F)cccc1F. The Labute approximate surface area is 114 Å². The molecule has 0 aromatic heterocycles. The number of hydrogen-bond acceptors (Lipinski definition) is 1. The zero-order chi connectivity index (χ0) is 13.8. The lowest BCUT2D eigenvalue weighted by molar-refractivity contribution is 0.104. The first kappa shape index (κ1) is 13.4. The van der Waals surface area contributed by atoms with Gasteiger partial charge >= 0.3 is 0 Å². The van der Waals surface area contributed by atoms with E-state index in [9.17, 15) is 13.6 Å². The Hall–Kier alpha value is -2.00. The fourth-order valence-electron chi connectivity index (χ4n) is 1.60. The third-order valence-electron chi connectivity index (χ3n) is 2.48. The predicted molar refractivity (Wildman–Crippen MR) is 71.2 cm³/mol. The normalized spacial score (nSPS) is 10.9. The van der Waals surface area contributed by atoms with Gasteiger partial charge in [-0.3, -0.25) is 4.79 Å². The molecule has 0 radical (unpaired) electrons. The van der Waals surface area contributed by atoms with Gasteiger partial charge in [0.1, 0.15) is 11.6 Å². The molecule has 96 valence electrons. The van der Waals surface area contributed by atoms with Gasteiger partial charge in [-0.2, -0.15) is 0 Å². The van der Waals surface area contributed by atoms with E-state index < -0.39 is 23.0 Å². The van der Waals surface area contributed by atoms with Gasteiger partial charge in [-0.25, -0.2) is 8.78 Å². The van der Waals surface area contributed by atoms with Gasteiger partial charge in [-0.15, -0.1) is 0 Å². The summed E-state index contributed by atoms with van der Waals surface area (Å²) in [7, 11) is 0. The molecule has 0 heterocycles. The lowest BCUT2D eigenvalue weighted by atomic mass is 10.1. The molecule has 0 saturated carbocycles. The summed E-state index contributed by atoms with van der Waals surface area (Å²) in [5.41, 5.74) is 0.123. The van der Waals surface area contributed by atoms with Crippen LogP contribution in [0.4, 0.5) is 8.78 Å². The number of carbonyl (C=O) groups is 1. The average Bonchev–Trinajstić information content (AvgIpc) is 2.36. The fraction of sp³-hybridized carbons (Fsp3) is 0. The van der Waals surface area contributed by atoms with Gasteiger partial charge in [-0.1, -0.05) is 35.9 Å². The van der Waals surface area contributed by atoms with E-state index >= 15 is 0 Å². The topological polar surface area (TPSA) is 17.1 Å². The Kier molecular flexibility index (Phi) is 4.07. The van der Waals surface area contributed by atoms with Crippen LogP contribution in [0.1, 0.15) is 15.9 Å². The van der Waals surface area contributed by atoms with E-state index in [4.69, 9.17) is 11.6 Å². The van der Waals surface area contributed by atoms with Gasteiger partial charge < -0.3 is 0 Å². The highest BCUT2D eigenvalue weighted by Gasteiger charge is 2.14. The van der Waals surface area contributed by atoms with Crippen molar-refractivity contribution < 1.29 is 13.6 Å². The zero-order valence-corrected chi connectivity index (χ0v) is 10.5. The summed E-state index contributed by atoms with van der Waals surface area (Å²) >= 11 is 5.79. The molecule has 0 spiro atoms. The summed E-state index contributed by atoms with van der Waals surface area (Å²) in [6.45, 7) is 0. The smallest absolute Gasteiger partial charge is 0.191 e. The molecule has 0 unspecified atom stereocenters. The Bertz CT molecular complexity index is 630. The zero-order valence-electron chi connectivity index (χ0n) is 9.74. The van der Waals surface area contributed by atoms with E-state index in [1.807, 2.05) is 0 Å². The predicted octanol–water partition coefficient (Wildman–Crippen LogP) is 4.51. The Morgan fingerprint density at radius 3 is 2.32 bits per heavy atom. The van der Waals surface area contributed by atoms with Crippen molar-refractivity contribution in [1.29, 1.82) is 0 Å². The van der Waals surface area contributed by atoms with Crippen LogP contribution in [-0.4, -0.2) is 5.78 Å². The molecule has 0 atom stereocenters. The van der Waals surface area contributed by atoms with E-state index in [1.54, 1.807) is 24.3 Å². The van der Waals surface area contributed by atoms with E-state index in [1.165, 1.54) is 12.1 Å². The standard InChI is InChI=1S/C15H9ClF2O/c16-11-4-1-3-10(9-11)7-8-14(19)15-12(17)5-2-6-13(15)18/h1-9H/b8-7+. The molecule has 19 heavy (non-hydrogen) atoms. The number of benzene rings is 2. The first-order valence-electron chi connectivity index (χ1n) is 5.50. The van der Waals surface area contributed by atoms with Crippen LogP contribution < -0.4 is 0 Å². The largest absolute Gasteiger partial charge is 0.289 e. The molecule has 2 aromatic rings. The average molecular weight is 279 g/mol. The van der Waals surface area contributed by atoms with Gasteiger partial charge in [0.05, 0.1) is 5.56 Å². The third kappa shape index (κ3) is 3.26. The first-order chi connectivity index (χ1) is 9.08. The Balaban J connectivity index is 2.27. The number of ketones is 1. The quantitative estimate of drug-likeness (QED) is 0.596. The second kappa shape index (κ2) is 5.76. The molecule has 0 bridgehead atoms. The molecule has 1 nitrogen and oxygen atoms in total. The fourth-order valence-corrected chi connectivity index (χ4v) is 1.80. The minimum Gasteiger partial charge on any atom is -0.289 e. The summed E-state index contributed by atoms with van der Waals surface area (Å²) in [6.07, 6.45) is 2.58. The summed E-state index contributed by atoms with van der Waals surface area (Å²) < 4.78 is 26.7. The van der Waals surface area contributed by atoms with Crippen molar-refractivity contribution in [3.8, 4) is 0 Å². The Morgan fingerprint density at radius 1 is 1.05 bits per heavy atom. The van der Waals surface area contributed by atoms with Crippen molar-refractivity contribution in [2.45, 2.75) is 0 Å². The number of carbonyl (C=O) groups excluding carboxylic acids is 1. The summed E-state index contributed by atoms with van der Waals surface area (Å²) in [5, 5.41) is 0.520. The maximum atomic E-state index is 13.4. The number of rotatable bonds is 3. The van der Waals surface area contributed by atoms with Crippen LogP contribution in [0.15, 0.2) is 48.5 Å². The van der Waals surface area contributed by atoms with Gasteiger partial charge in [0, 0.05) is 5.02 Å². The second-order valence-electron chi connectivity index (χ2n) is 3.85. The van der Waals surface area contributed by atoms with E-state index in [2.05, 4.69) is 0 Å². The molecule has 0 aliphatic heterocycles. The van der Waals surface area contributed by atoms with Crippen molar-refractivity contribution in [2.75, 3.05) is 0 Å². The van der Waals surface area contributed by atoms with Crippen LogP contribution in [-0.2, 0) is 0 Å². The lowest BCUT2D eigenvalue weighted by Gasteiger charge is -2.00. The molecule has 2 rings (SSSR count). The lowest BCUT2D eigenvalue weighted by Crippen LogP contribution is -2.02. The maximum absolute atomic E-state index is 13.4. The van der Waals surface area contributed by atoms with Crippen LogP contribution >= 0.6 is 11.6 Å². The molecular formula is C15H9ClF2O. The van der Waals surface area contributed by atoms with Crippen molar-refractivity contribution >= 4 is 23.5 Å². The van der Waals surface area contributed by atoms with E-state index in [-0.39, 0.29) is 0 Å². The number of hydrogen-bond donors (Lipinski definition) is 0. The van der Waals surface area contributed by atoms with Crippen LogP contribution in [0.3, 0.4) is 0 Å². The molecule has 0 saturated heterocycles. The van der Waals surface area contributed by atoms with Crippen molar-refractivity contribution in [3.05, 3.63) is 76.3 Å². The highest BCUT2D eigenvalue weighted by Crippen LogP contribution is 2.15. The van der Waals surface area contributed by atoms with Gasteiger partial charge in [0.25, 0.3) is 0 Å². The molecule has 4 heteroatoms. The van der Waals surface area contributed by atoms with Crippen LogP contribution in [0.25, 0.3) is 6.08 Å². The van der Waals surface area contributed by atoms with E-state index in [0.717, 1.165) is 18.2 Å². The molecule has 0 fully saturated rings. The van der Waals surface area contributed by atoms with Gasteiger partial charge in [-0.05, 0) is 35.9 Å². The number of halogens is 3. The molecule has 2 aromatic carbocycles.